The zero-order valence-corrected chi connectivity index (χ0v) is 28.2. The molecule has 4 fully saturated rings. The van der Waals surface area contributed by atoms with E-state index in [1.54, 1.807) is 11.0 Å². The first-order valence-corrected chi connectivity index (χ1v) is 18.4. The highest BCUT2D eigenvalue weighted by Crippen LogP contribution is 2.33. The minimum Gasteiger partial charge on any atom is -0.484 e. The van der Waals surface area contributed by atoms with Gasteiger partial charge < -0.3 is 39.0 Å². The molecule has 14 nitrogen and oxygen atoms in total. The lowest BCUT2D eigenvalue weighted by atomic mass is 10.0. The Labute approximate surface area is 286 Å². The maximum Gasteiger partial charge on any atom is 0.407 e. The number of carbonyl (C=O) groups excluding carboxylic acids is 2. The van der Waals surface area contributed by atoms with E-state index in [4.69, 9.17) is 28.5 Å². The van der Waals surface area contributed by atoms with Crippen LogP contribution in [0.1, 0.15) is 37.7 Å². The number of hydrogen-bond acceptors (Lipinski definition) is 11. The summed E-state index contributed by atoms with van der Waals surface area (Å²) in [6, 6.07) is 14.2. The molecule has 15 heteroatoms. The molecule has 1 saturated carbocycles. The number of carbonyl (C=O) groups is 2. The van der Waals surface area contributed by atoms with Crippen molar-refractivity contribution in [2.24, 2.45) is 5.92 Å². The maximum absolute atomic E-state index is 14.1. The van der Waals surface area contributed by atoms with Crippen LogP contribution in [0.4, 0.5) is 4.79 Å². The van der Waals surface area contributed by atoms with Crippen molar-refractivity contribution in [3.8, 4) is 5.75 Å². The molecule has 1 unspecified atom stereocenters. The van der Waals surface area contributed by atoms with Crippen molar-refractivity contribution in [3.05, 3.63) is 60.2 Å². The van der Waals surface area contributed by atoms with Gasteiger partial charge in [-0.2, -0.15) is 0 Å². The van der Waals surface area contributed by atoms with Crippen molar-refractivity contribution in [1.29, 1.82) is 0 Å². The van der Waals surface area contributed by atoms with Crippen LogP contribution in [0.2, 0.25) is 0 Å². The largest absolute Gasteiger partial charge is 0.484 e. The third kappa shape index (κ3) is 9.28. The van der Waals surface area contributed by atoms with Gasteiger partial charge in [0.1, 0.15) is 11.9 Å². The third-order valence-corrected chi connectivity index (χ3v) is 10.9. The fraction of sp³-hybridized carbons (Fsp3) is 0.588. The fourth-order valence-corrected chi connectivity index (χ4v) is 7.89. The van der Waals surface area contributed by atoms with Gasteiger partial charge in [-0.15, -0.1) is 0 Å². The average molecular weight is 704 g/mol. The SMILES string of the molecule is O=C(NC(Cc1ccccc1)[C@@H](O)CN(OC1CCCC1)S(=O)(=O)c1cccc(OCC(=O)N2CCOCC2)c1)O[C@H]1CO[C@H]2OCC[C@H]21. The quantitative estimate of drug-likeness (QED) is 0.278. The van der Waals surface area contributed by atoms with Crippen molar-refractivity contribution in [1.82, 2.24) is 14.7 Å². The predicted molar refractivity (Wildman–Crippen MR) is 174 cm³/mol. The van der Waals surface area contributed by atoms with Crippen LogP contribution in [0.15, 0.2) is 59.5 Å². The van der Waals surface area contributed by atoms with Gasteiger partial charge >= 0.3 is 6.09 Å². The van der Waals surface area contributed by atoms with E-state index in [2.05, 4.69) is 5.32 Å². The Kier molecular flexibility index (Phi) is 12.0. The van der Waals surface area contributed by atoms with Crippen molar-refractivity contribution in [2.45, 2.75) is 74.1 Å². The van der Waals surface area contributed by atoms with Gasteiger partial charge in [-0.25, -0.2) is 13.2 Å². The van der Waals surface area contributed by atoms with Crippen LogP contribution in [0.3, 0.4) is 0 Å². The highest BCUT2D eigenvalue weighted by Gasteiger charge is 2.44. The molecule has 5 atom stereocenters. The van der Waals surface area contributed by atoms with Crippen LogP contribution >= 0.6 is 0 Å². The molecule has 3 heterocycles. The van der Waals surface area contributed by atoms with E-state index in [0.29, 0.717) is 52.2 Å². The molecule has 3 aliphatic heterocycles. The molecule has 0 spiro atoms. The summed E-state index contributed by atoms with van der Waals surface area (Å²) < 4.78 is 56.9. The first-order valence-electron chi connectivity index (χ1n) is 17.0. The monoisotopic (exact) mass is 703 g/mol. The molecule has 2 N–H and O–H groups in total. The number of alkyl carbamates (subject to hydrolysis) is 1. The Morgan fingerprint density at radius 3 is 2.55 bits per heavy atom. The minimum atomic E-state index is -4.34. The second kappa shape index (κ2) is 16.6. The number of sulfonamides is 1. The van der Waals surface area contributed by atoms with Gasteiger partial charge in [0.2, 0.25) is 0 Å². The standard InChI is InChI=1S/C34H45N3O11S/c38-30(29(19-24-7-2-1-3-8-24)35-34(40)47-31-22-46-33-28(31)13-16-44-33)21-37(48-25-9-4-5-10-25)49(41,42)27-12-6-11-26(20-27)45-23-32(39)36-14-17-43-18-15-36/h1-3,6-8,11-12,20,25,28-31,33,38H,4-5,9-10,13-19,21-23H2,(H,35,40)/t28-,29?,30-,31-,33+/m0/s1. The van der Waals surface area contributed by atoms with Crippen LogP contribution in [0.5, 0.6) is 5.75 Å². The summed E-state index contributed by atoms with van der Waals surface area (Å²) in [6.45, 7) is 1.86. The van der Waals surface area contributed by atoms with Crippen molar-refractivity contribution < 1.29 is 51.6 Å². The Hall–Kier alpha value is -3.31. The van der Waals surface area contributed by atoms with Crippen LogP contribution in [0, 0.1) is 5.92 Å². The Bertz CT molecular complexity index is 1500. The number of nitrogens with one attached hydrogen (secondary N) is 1. The summed E-state index contributed by atoms with van der Waals surface area (Å²) in [5.41, 5.74) is 0.822. The number of amides is 2. The van der Waals surface area contributed by atoms with Gasteiger partial charge in [0, 0.05) is 19.2 Å². The lowest BCUT2D eigenvalue weighted by Crippen LogP contribution is -2.51. The third-order valence-electron chi connectivity index (χ3n) is 9.31. The fourth-order valence-electron chi connectivity index (χ4n) is 6.55. The van der Waals surface area contributed by atoms with Crippen molar-refractivity contribution in [2.75, 3.05) is 52.7 Å². The van der Waals surface area contributed by atoms with Crippen LogP contribution in [-0.4, -0.2) is 118 Å². The zero-order valence-electron chi connectivity index (χ0n) is 27.4. The molecule has 2 aromatic rings. The lowest BCUT2D eigenvalue weighted by molar-refractivity contribution is -0.145. The van der Waals surface area contributed by atoms with E-state index in [-0.39, 0.29) is 48.2 Å². The van der Waals surface area contributed by atoms with Gasteiger partial charge in [-0.05, 0) is 43.4 Å². The number of hydroxylamine groups is 1. The first kappa shape index (κ1) is 35.5. The molecule has 2 amide bonds. The molecular formula is C34H45N3O11S. The summed E-state index contributed by atoms with van der Waals surface area (Å²) in [4.78, 5) is 33.4. The second-order valence-electron chi connectivity index (χ2n) is 12.7. The van der Waals surface area contributed by atoms with Gasteiger partial charge in [-0.1, -0.05) is 53.7 Å². The number of ether oxygens (including phenoxy) is 5. The lowest BCUT2D eigenvalue weighted by Gasteiger charge is -2.31. The van der Waals surface area contributed by atoms with Crippen LogP contribution < -0.4 is 10.1 Å². The number of aliphatic hydroxyl groups is 1. The zero-order chi connectivity index (χ0) is 34.2. The molecule has 0 aromatic heterocycles. The Balaban J connectivity index is 1.17. The van der Waals surface area contributed by atoms with Gasteiger partial charge in [-0.3, -0.25) is 9.63 Å². The van der Waals surface area contributed by atoms with E-state index in [9.17, 15) is 23.1 Å². The topological polar surface area (TPSA) is 162 Å². The van der Waals surface area contributed by atoms with Gasteiger partial charge in [0.15, 0.2) is 12.9 Å². The Morgan fingerprint density at radius 1 is 1.00 bits per heavy atom. The molecule has 49 heavy (non-hydrogen) atoms. The number of hydrogen-bond donors (Lipinski definition) is 2. The number of benzene rings is 2. The van der Waals surface area contributed by atoms with E-state index in [1.807, 2.05) is 30.3 Å². The summed E-state index contributed by atoms with van der Waals surface area (Å²) in [7, 11) is -4.34. The number of nitrogens with zero attached hydrogens (tertiary/aromatic N) is 2. The smallest absolute Gasteiger partial charge is 0.407 e. The first-order chi connectivity index (χ1) is 23.8. The molecule has 3 saturated heterocycles. The molecule has 4 aliphatic rings. The van der Waals surface area contributed by atoms with E-state index >= 15 is 0 Å². The van der Waals surface area contributed by atoms with E-state index < -0.39 is 47.2 Å². The van der Waals surface area contributed by atoms with Crippen molar-refractivity contribution in [3.63, 3.8) is 0 Å². The number of aliphatic hydroxyl groups excluding tert-OH is 1. The van der Waals surface area contributed by atoms with Crippen LogP contribution in [0.25, 0.3) is 0 Å². The maximum atomic E-state index is 14.1. The van der Waals surface area contributed by atoms with Gasteiger partial charge in [0.25, 0.3) is 15.9 Å². The summed E-state index contributed by atoms with van der Waals surface area (Å²) >= 11 is 0. The van der Waals surface area contributed by atoms with Crippen LogP contribution in [-0.2, 0) is 45.0 Å². The molecule has 6 rings (SSSR count). The van der Waals surface area contributed by atoms with E-state index in [0.717, 1.165) is 22.9 Å². The number of rotatable bonds is 14. The summed E-state index contributed by atoms with van der Waals surface area (Å²) in [6.07, 6.45) is 0.637. The number of fused-ring (bicyclic) bond motifs is 1. The highest BCUT2D eigenvalue weighted by molar-refractivity contribution is 7.89. The molecule has 0 radical (unpaired) electrons. The average Bonchev–Trinajstić information content (AvgIpc) is 3.89. The summed E-state index contributed by atoms with van der Waals surface area (Å²) in [5, 5.41) is 14.4. The van der Waals surface area contributed by atoms with Crippen molar-refractivity contribution >= 4 is 22.0 Å². The predicted octanol–water partition coefficient (Wildman–Crippen LogP) is 2.25. The minimum absolute atomic E-state index is 0.0686. The second-order valence-corrected chi connectivity index (χ2v) is 14.6. The normalized spacial score (nSPS) is 24.0. The number of morpholine rings is 1. The van der Waals surface area contributed by atoms with Gasteiger partial charge in [0.05, 0.1) is 62.0 Å². The molecule has 1 aliphatic carbocycles. The highest BCUT2D eigenvalue weighted by atomic mass is 32.2. The molecule has 268 valence electrons. The summed E-state index contributed by atoms with van der Waals surface area (Å²) in [5.74, 6) is -0.0969. The molecule has 2 aromatic carbocycles. The van der Waals surface area contributed by atoms with E-state index in [1.165, 1.54) is 18.2 Å². The molecular weight excluding hydrogens is 658 g/mol. The molecule has 0 bridgehead atoms. The Morgan fingerprint density at radius 2 is 1.78 bits per heavy atom.